The Morgan fingerprint density at radius 1 is 1.32 bits per heavy atom. The first-order valence-electron chi connectivity index (χ1n) is 6.61. The van der Waals surface area contributed by atoms with Crippen LogP contribution in [0.15, 0.2) is 42.3 Å². The fourth-order valence-corrected chi connectivity index (χ4v) is 2.06. The third kappa shape index (κ3) is 3.25. The molecular formula is C16H17NO2. The van der Waals surface area contributed by atoms with Gasteiger partial charge in [0.05, 0.1) is 5.57 Å². The molecule has 2 rings (SSSR count). The van der Waals surface area contributed by atoms with Crippen molar-refractivity contribution in [1.29, 1.82) is 0 Å². The third-order valence-corrected chi connectivity index (χ3v) is 3.18. The number of Topliss-reactive ketones (excluding diaryl/α,β-unsaturated/α-hetero) is 2. The molecule has 1 aromatic rings. The molecule has 98 valence electrons. The van der Waals surface area contributed by atoms with Gasteiger partial charge < -0.3 is 0 Å². The summed E-state index contributed by atoms with van der Waals surface area (Å²) in [6, 6.07) is 3.76. The highest BCUT2D eigenvalue weighted by Gasteiger charge is 2.20. The molecule has 0 saturated carbocycles. The molecule has 1 aliphatic rings. The molecule has 0 unspecified atom stereocenters. The van der Waals surface area contributed by atoms with Crippen molar-refractivity contribution >= 4 is 17.1 Å². The summed E-state index contributed by atoms with van der Waals surface area (Å²) in [5, 5.41) is 0. The normalized spacial score (nSPS) is 14.9. The first-order valence-corrected chi connectivity index (χ1v) is 6.61. The van der Waals surface area contributed by atoms with Crippen LogP contribution in [0, 0.1) is 0 Å². The molecule has 0 N–H and O–H groups in total. The van der Waals surface area contributed by atoms with Crippen LogP contribution in [0.4, 0.5) is 0 Å². The second kappa shape index (κ2) is 6.23. The van der Waals surface area contributed by atoms with Crippen LogP contribution in [-0.2, 0) is 9.59 Å². The smallest absolute Gasteiger partial charge is 0.170 e. The van der Waals surface area contributed by atoms with Crippen molar-refractivity contribution in [1.82, 2.24) is 4.98 Å². The summed E-state index contributed by atoms with van der Waals surface area (Å²) >= 11 is 0. The minimum absolute atomic E-state index is 0.0356. The molecule has 0 saturated heterocycles. The van der Waals surface area contributed by atoms with Gasteiger partial charge in [0, 0.05) is 25.2 Å². The molecule has 1 aliphatic carbocycles. The number of aromatic nitrogens is 1. The molecule has 19 heavy (non-hydrogen) atoms. The van der Waals surface area contributed by atoms with Gasteiger partial charge in [0.1, 0.15) is 0 Å². The van der Waals surface area contributed by atoms with Crippen molar-refractivity contribution in [2.45, 2.75) is 32.6 Å². The van der Waals surface area contributed by atoms with E-state index in [4.69, 9.17) is 0 Å². The van der Waals surface area contributed by atoms with Crippen molar-refractivity contribution in [3.63, 3.8) is 0 Å². The van der Waals surface area contributed by atoms with Crippen molar-refractivity contribution in [2.75, 3.05) is 0 Å². The number of carbonyl (C=O) groups excluding carboxylic acids is 2. The average Bonchev–Trinajstić information content (AvgIpc) is 2.46. The van der Waals surface area contributed by atoms with Crippen LogP contribution in [-0.4, -0.2) is 16.6 Å². The molecule has 0 aliphatic heterocycles. The van der Waals surface area contributed by atoms with E-state index in [1.54, 1.807) is 18.5 Å². The molecule has 3 nitrogen and oxygen atoms in total. The topological polar surface area (TPSA) is 47.0 Å². The molecule has 0 bridgehead atoms. The Hall–Kier alpha value is -2.03. The molecule has 0 aromatic carbocycles. The van der Waals surface area contributed by atoms with Crippen molar-refractivity contribution < 1.29 is 9.59 Å². The predicted octanol–water partition coefficient (Wildman–Crippen LogP) is 3.12. The number of pyridine rings is 1. The van der Waals surface area contributed by atoms with Crippen LogP contribution in [0.2, 0.25) is 0 Å². The van der Waals surface area contributed by atoms with E-state index in [0.29, 0.717) is 18.4 Å². The lowest BCUT2D eigenvalue weighted by Gasteiger charge is -2.12. The van der Waals surface area contributed by atoms with E-state index < -0.39 is 0 Å². The van der Waals surface area contributed by atoms with E-state index >= 15 is 0 Å². The number of ketones is 2. The molecule has 3 heteroatoms. The lowest BCUT2D eigenvalue weighted by atomic mass is 9.90. The first-order chi connectivity index (χ1) is 9.22. The summed E-state index contributed by atoms with van der Waals surface area (Å²) in [5.41, 5.74) is 2.27. The van der Waals surface area contributed by atoms with E-state index in [1.807, 2.05) is 25.1 Å². The van der Waals surface area contributed by atoms with Gasteiger partial charge in [-0.3, -0.25) is 14.6 Å². The zero-order valence-electron chi connectivity index (χ0n) is 11.1. The average molecular weight is 255 g/mol. The summed E-state index contributed by atoms with van der Waals surface area (Å²) in [4.78, 5) is 27.8. The Morgan fingerprint density at radius 2 is 2.05 bits per heavy atom. The number of unbranched alkanes of at least 4 members (excludes halogenated alkanes) is 1. The highest BCUT2D eigenvalue weighted by atomic mass is 16.1. The van der Waals surface area contributed by atoms with Crippen LogP contribution in [0.3, 0.4) is 0 Å². The van der Waals surface area contributed by atoms with Gasteiger partial charge in [-0.2, -0.15) is 0 Å². The number of allylic oxidation sites excluding steroid dienone is 4. The van der Waals surface area contributed by atoms with Gasteiger partial charge in [-0.15, -0.1) is 0 Å². The maximum absolute atomic E-state index is 12.0. The monoisotopic (exact) mass is 255 g/mol. The SMILES string of the molecule is CCCCC(=O)C1=CC(c2ccncc2)=CCC1=O. The number of rotatable bonds is 5. The van der Waals surface area contributed by atoms with Gasteiger partial charge in [0.25, 0.3) is 0 Å². The zero-order chi connectivity index (χ0) is 13.7. The largest absolute Gasteiger partial charge is 0.294 e. The molecule has 0 amide bonds. The van der Waals surface area contributed by atoms with Crippen LogP contribution in [0.25, 0.3) is 5.57 Å². The highest BCUT2D eigenvalue weighted by molar-refractivity contribution is 6.23. The number of carbonyl (C=O) groups is 2. The van der Waals surface area contributed by atoms with Crippen LogP contribution in [0.5, 0.6) is 0 Å². The standard InChI is InChI=1S/C16H17NO2/c1-2-3-4-15(18)14-11-13(5-6-16(14)19)12-7-9-17-10-8-12/h5,7-11H,2-4,6H2,1H3. The number of hydrogen-bond acceptors (Lipinski definition) is 3. The third-order valence-electron chi connectivity index (χ3n) is 3.18. The van der Waals surface area contributed by atoms with Crippen molar-refractivity contribution in [3.8, 4) is 0 Å². The molecule has 1 heterocycles. The summed E-state index contributed by atoms with van der Waals surface area (Å²) < 4.78 is 0. The van der Waals surface area contributed by atoms with Gasteiger partial charge in [0.2, 0.25) is 0 Å². The van der Waals surface area contributed by atoms with Crippen LogP contribution in [0.1, 0.15) is 38.2 Å². The molecule has 0 spiro atoms. The van der Waals surface area contributed by atoms with E-state index in [0.717, 1.165) is 24.0 Å². The van der Waals surface area contributed by atoms with Crippen molar-refractivity contribution in [3.05, 3.63) is 47.8 Å². The van der Waals surface area contributed by atoms with Gasteiger partial charge in [-0.05, 0) is 35.8 Å². The molecule has 1 aromatic heterocycles. The summed E-state index contributed by atoms with van der Waals surface area (Å²) in [6.07, 6.45) is 9.56. The Labute approximate surface area is 113 Å². The maximum atomic E-state index is 12.0. The molecule has 0 atom stereocenters. The Kier molecular flexibility index (Phi) is 4.39. The van der Waals surface area contributed by atoms with E-state index in [2.05, 4.69) is 4.98 Å². The molecular weight excluding hydrogens is 238 g/mol. The molecule has 0 radical (unpaired) electrons. The Balaban J connectivity index is 2.23. The quantitative estimate of drug-likeness (QED) is 0.759. The van der Waals surface area contributed by atoms with Crippen molar-refractivity contribution in [2.24, 2.45) is 0 Å². The Morgan fingerprint density at radius 3 is 2.74 bits per heavy atom. The highest BCUT2D eigenvalue weighted by Crippen LogP contribution is 2.24. The molecule has 0 fully saturated rings. The fourth-order valence-electron chi connectivity index (χ4n) is 2.06. The maximum Gasteiger partial charge on any atom is 0.170 e. The van der Waals surface area contributed by atoms with Crippen LogP contribution >= 0.6 is 0 Å². The van der Waals surface area contributed by atoms with Gasteiger partial charge in [-0.25, -0.2) is 0 Å². The van der Waals surface area contributed by atoms with Gasteiger partial charge >= 0.3 is 0 Å². The van der Waals surface area contributed by atoms with Gasteiger partial charge in [-0.1, -0.05) is 19.4 Å². The van der Waals surface area contributed by atoms with E-state index in [-0.39, 0.29) is 11.6 Å². The van der Waals surface area contributed by atoms with E-state index in [9.17, 15) is 9.59 Å². The zero-order valence-corrected chi connectivity index (χ0v) is 11.1. The number of nitrogens with zero attached hydrogens (tertiary/aromatic N) is 1. The summed E-state index contributed by atoms with van der Waals surface area (Å²) in [5.74, 6) is -0.106. The Bertz CT molecular complexity index is 541. The lowest BCUT2D eigenvalue weighted by molar-refractivity contribution is -0.121. The summed E-state index contributed by atoms with van der Waals surface area (Å²) in [6.45, 7) is 2.03. The fraction of sp³-hybridized carbons (Fsp3) is 0.312. The minimum Gasteiger partial charge on any atom is -0.294 e. The van der Waals surface area contributed by atoms with E-state index in [1.165, 1.54) is 0 Å². The number of hydrogen-bond donors (Lipinski definition) is 0. The second-order valence-electron chi connectivity index (χ2n) is 4.61. The van der Waals surface area contributed by atoms with Gasteiger partial charge in [0.15, 0.2) is 11.6 Å². The first kappa shape index (κ1) is 13.4. The summed E-state index contributed by atoms with van der Waals surface area (Å²) in [7, 11) is 0. The predicted molar refractivity (Wildman–Crippen MR) is 74.5 cm³/mol. The lowest BCUT2D eigenvalue weighted by Crippen LogP contribution is -2.15. The van der Waals surface area contributed by atoms with Crippen LogP contribution < -0.4 is 0 Å². The second-order valence-corrected chi connectivity index (χ2v) is 4.61. The minimum atomic E-state index is -0.0705.